The Kier molecular flexibility index (Phi) is 4.07. The molecule has 4 aromatic rings. The molecular formula is C20H17FN6. The minimum absolute atomic E-state index is 0.0410. The van der Waals surface area contributed by atoms with Crippen LogP contribution in [0.25, 0.3) is 22.6 Å². The van der Waals surface area contributed by atoms with Gasteiger partial charge in [-0.3, -0.25) is 0 Å². The van der Waals surface area contributed by atoms with E-state index in [1.54, 1.807) is 24.5 Å². The second kappa shape index (κ2) is 7.00. The highest BCUT2D eigenvalue weighted by Gasteiger charge is 2.14. The van der Waals surface area contributed by atoms with Gasteiger partial charge in [-0.05, 0) is 36.8 Å². The quantitative estimate of drug-likeness (QED) is 0.506. The van der Waals surface area contributed by atoms with E-state index in [-0.39, 0.29) is 6.04 Å². The third-order valence-electron chi connectivity index (χ3n) is 4.31. The first-order valence-electron chi connectivity index (χ1n) is 9.14. The number of nitrogens with zero attached hydrogens (tertiary/aromatic N) is 6. The molecule has 1 aromatic carbocycles. The number of rotatable bonds is 5. The van der Waals surface area contributed by atoms with Crippen molar-refractivity contribution in [3.8, 4) is 17.6 Å². The zero-order valence-corrected chi connectivity index (χ0v) is 14.7. The van der Waals surface area contributed by atoms with Crippen LogP contribution in [0.15, 0.2) is 48.8 Å². The highest BCUT2D eigenvalue weighted by molar-refractivity contribution is 5.77. The summed E-state index contributed by atoms with van der Waals surface area (Å²) in [6.07, 6.45) is 4.33. The van der Waals surface area contributed by atoms with E-state index in [9.17, 15) is 4.39 Å². The first-order chi connectivity index (χ1) is 13.6. The van der Waals surface area contributed by atoms with Crippen molar-refractivity contribution >= 4 is 11.0 Å². The van der Waals surface area contributed by atoms with Crippen LogP contribution in [0.4, 0.5) is 4.39 Å². The molecule has 0 N–H and O–H groups in total. The first kappa shape index (κ1) is 15.7. The van der Waals surface area contributed by atoms with Crippen molar-refractivity contribution in [3.63, 3.8) is 0 Å². The molecule has 6 nitrogen and oxygen atoms in total. The summed E-state index contributed by atoms with van der Waals surface area (Å²) in [4.78, 5) is 12.9. The van der Waals surface area contributed by atoms with E-state index in [2.05, 4.69) is 27.5 Å². The number of aryl methyl sites for hydroxylation is 1. The molecule has 0 bridgehead atoms. The Morgan fingerprint density at radius 2 is 2.22 bits per heavy atom. The Morgan fingerprint density at radius 1 is 1.33 bits per heavy atom. The van der Waals surface area contributed by atoms with E-state index in [0.29, 0.717) is 23.6 Å². The minimum Gasteiger partial charge on any atom is -0.326 e. The molecule has 0 radical (unpaired) electrons. The molecule has 0 amide bonds. The summed E-state index contributed by atoms with van der Waals surface area (Å²) in [5, 5.41) is 9.14. The van der Waals surface area contributed by atoms with Crippen LogP contribution in [0, 0.1) is 17.3 Å². The molecule has 0 atom stereocenters. The molecule has 0 unspecified atom stereocenters. The summed E-state index contributed by atoms with van der Waals surface area (Å²) in [5.74, 6) is 0.578. The predicted molar refractivity (Wildman–Crippen MR) is 99.3 cm³/mol. The third-order valence-corrected chi connectivity index (χ3v) is 4.31. The van der Waals surface area contributed by atoms with Gasteiger partial charge in [-0.15, -0.1) is 0 Å². The number of imidazole rings is 2. The standard InChI is InChI=1S/C20H17FN6/c1-2-9-27-17-7-6-14(12-22)11-16(17)25-19(27)13-26-10-8-23-20(26)15-4-3-5-18(21)24-15/h3-8,10-11H,2,9,13H2,1H3/i3T,19+2. The maximum Gasteiger partial charge on any atom is 0.213 e. The van der Waals surface area contributed by atoms with Gasteiger partial charge >= 0.3 is 0 Å². The van der Waals surface area contributed by atoms with Crippen LogP contribution in [0.3, 0.4) is 0 Å². The lowest BCUT2D eigenvalue weighted by Crippen LogP contribution is -2.10. The Bertz CT molecular complexity index is 1180. The molecule has 4 rings (SSSR count). The summed E-state index contributed by atoms with van der Waals surface area (Å²) in [7, 11) is 0. The van der Waals surface area contributed by atoms with Gasteiger partial charge in [0.25, 0.3) is 0 Å². The summed E-state index contributed by atoms with van der Waals surface area (Å²) in [6, 6.07) is 10.2. The number of halogens is 1. The number of pyridine rings is 1. The van der Waals surface area contributed by atoms with Gasteiger partial charge in [0.1, 0.15) is 11.5 Å². The summed E-state index contributed by atoms with van der Waals surface area (Å²) in [6.45, 7) is 3.29. The Balaban J connectivity index is 1.78. The van der Waals surface area contributed by atoms with Crippen molar-refractivity contribution in [2.75, 3.05) is 0 Å². The first-order valence-corrected chi connectivity index (χ1v) is 8.64. The van der Waals surface area contributed by atoms with E-state index in [1.165, 1.54) is 6.07 Å². The van der Waals surface area contributed by atoms with Gasteiger partial charge in [0.15, 0.2) is 5.82 Å². The maximum absolute atomic E-state index is 13.6. The van der Waals surface area contributed by atoms with Crippen molar-refractivity contribution in [3.05, 3.63) is 66.1 Å². The number of nitriles is 1. The second-order valence-corrected chi connectivity index (χ2v) is 6.15. The molecule has 134 valence electrons. The van der Waals surface area contributed by atoms with Crippen molar-refractivity contribution in [2.24, 2.45) is 0 Å². The van der Waals surface area contributed by atoms with Crippen LogP contribution >= 0.6 is 0 Å². The smallest absolute Gasteiger partial charge is 0.213 e. The number of benzene rings is 1. The number of aromatic nitrogens is 5. The molecule has 0 aliphatic rings. The van der Waals surface area contributed by atoms with E-state index in [1.807, 2.05) is 10.6 Å². The van der Waals surface area contributed by atoms with Crippen molar-refractivity contribution < 1.29 is 5.76 Å². The topological polar surface area (TPSA) is 72.3 Å². The Morgan fingerprint density at radius 3 is 3.00 bits per heavy atom. The fourth-order valence-electron chi connectivity index (χ4n) is 3.15. The van der Waals surface area contributed by atoms with E-state index >= 15 is 0 Å². The van der Waals surface area contributed by atoms with Gasteiger partial charge in [-0.2, -0.15) is 9.65 Å². The molecule has 0 saturated heterocycles. The average Bonchev–Trinajstić information content (AvgIpc) is 3.26. The van der Waals surface area contributed by atoms with Gasteiger partial charge in [0, 0.05) is 18.9 Å². The summed E-state index contributed by atoms with van der Waals surface area (Å²) >= 11 is 0. The molecule has 0 aliphatic carbocycles. The lowest BCUT2D eigenvalue weighted by molar-refractivity contribution is 0.583. The van der Waals surface area contributed by atoms with Gasteiger partial charge in [-0.1, -0.05) is 13.0 Å². The van der Waals surface area contributed by atoms with Gasteiger partial charge in [0.05, 0.1) is 30.6 Å². The van der Waals surface area contributed by atoms with E-state index in [0.717, 1.165) is 35.9 Å². The van der Waals surface area contributed by atoms with Gasteiger partial charge in [0.2, 0.25) is 5.95 Å². The predicted octanol–water partition coefficient (Wildman–Crippen LogP) is 3.76. The van der Waals surface area contributed by atoms with Gasteiger partial charge < -0.3 is 9.13 Å². The van der Waals surface area contributed by atoms with Crippen LogP contribution in [-0.4, -0.2) is 24.1 Å². The van der Waals surface area contributed by atoms with Crippen molar-refractivity contribution in [2.45, 2.75) is 26.4 Å². The molecule has 0 saturated carbocycles. The van der Waals surface area contributed by atoms with E-state index < -0.39 is 5.95 Å². The summed E-state index contributed by atoms with van der Waals surface area (Å²) < 4.78 is 25.3. The lowest BCUT2D eigenvalue weighted by atomic mass is 10.2. The molecular weight excluding hydrogens is 345 g/mol. The lowest BCUT2D eigenvalue weighted by Gasteiger charge is -2.10. The monoisotopic (exact) mass is 364 g/mol. The molecule has 0 spiro atoms. The average molecular weight is 364 g/mol. The Hall–Kier alpha value is -3.53. The number of hydrogen-bond donors (Lipinski definition) is 0. The molecule has 0 aliphatic heterocycles. The zero-order valence-electron chi connectivity index (χ0n) is 15.7. The van der Waals surface area contributed by atoms with Gasteiger partial charge in [-0.25, -0.2) is 15.0 Å². The largest absolute Gasteiger partial charge is 0.326 e. The summed E-state index contributed by atoms with van der Waals surface area (Å²) in [5.41, 5.74) is 2.60. The highest BCUT2D eigenvalue weighted by Crippen LogP contribution is 2.21. The molecule has 27 heavy (non-hydrogen) atoms. The molecule has 3 aromatic heterocycles. The molecule has 7 heteroatoms. The maximum atomic E-state index is 13.6. The molecule has 3 heterocycles. The second-order valence-electron chi connectivity index (χ2n) is 6.15. The highest BCUT2D eigenvalue weighted by atomic mass is 19.1. The van der Waals surface area contributed by atoms with Crippen LogP contribution in [0.1, 0.15) is 26.1 Å². The van der Waals surface area contributed by atoms with Crippen LogP contribution < -0.4 is 0 Å². The number of hydrogen-bond acceptors (Lipinski definition) is 4. The molecule has 0 fully saturated rings. The Labute approximate surface area is 157 Å². The zero-order chi connectivity index (χ0) is 19.7. The fourth-order valence-corrected chi connectivity index (χ4v) is 3.15. The third kappa shape index (κ3) is 3.17. The normalized spacial score (nSPS) is 11.5. The fraction of sp³-hybridized carbons (Fsp3) is 0.200. The van der Waals surface area contributed by atoms with Crippen molar-refractivity contribution in [1.29, 1.82) is 5.26 Å². The number of fused-ring (bicyclic) bond motifs is 1. The van der Waals surface area contributed by atoms with Crippen molar-refractivity contribution in [1.82, 2.24) is 24.1 Å². The minimum atomic E-state index is -0.709. The SMILES string of the molecule is [3H]c1cc(F)nc(-c2nccn2C[14c]2nc3cc(C#N)ccc3n2CCC)c1. The van der Waals surface area contributed by atoms with Crippen LogP contribution in [-0.2, 0) is 13.1 Å². The van der Waals surface area contributed by atoms with Crippen LogP contribution in [0.2, 0.25) is 0 Å². The van der Waals surface area contributed by atoms with E-state index in [4.69, 9.17) is 11.6 Å². The van der Waals surface area contributed by atoms with Crippen LogP contribution in [0.5, 0.6) is 0 Å².